The van der Waals surface area contributed by atoms with E-state index in [-0.39, 0.29) is 5.91 Å². The molecule has 1 aromatic rings. The highest BCUT2D eigenvalue weighted by atomic mass is 35.5. The number of hydrogen-bond donors (Lipinski definition) is 2. The molecule has 0 spiro atoms. The summed E-state index contributed by atoms with van der Waals surface area (Å²) in [6, 6.07) is 5.37. The molecule has 0 saturated heterocycles. The van der Waals surface area contributed by atoms with Crippen molar-refractivity contribution in [2.75, 3.05) is 11.9 Å². The minimum Gasteiger partial charge on any atom is -0.444 e. The Balaban J connectivity index is 2.26. The van der Waals surface area contributed by atoms with Crippen LogP contribution in [0.3, 0.4) is 0 Å². The first-order chi connectivity index (χ1) is 10.2. The Kier molecular flexibility index (Phi) is 6.68. The fraction of sp³-hybridized carbons (Fsp3) is 0.500. The van der Waals surface area contributed by atoms with Gasteiger partial charge in [0.1, 0.15) is 5.60 Å². The molecule has 0 bridgehead atoms. The fourth-order valence-electron chi connectivity index (χ4n) is 1.65. The molecule has 0 aromatic heterocycles. The van der Waals surface area contributed by atoms with Crippen molar-refractivity contribution in [1.29, 1.82) is 0 Å². The van der Waals surface area contributed by atoms with Gasteiger partial charge in [0, 0.05) is 23.7 Å². The van der Waals surface area contributed by atoms with Gasteiger partial charge in [0.15, 0.2) is 0 Å². The minimum atomic E-state index is -0.522. The molecule has 122 valence electrons. The van der Waals surface area contributed by atoms with Crippen molar-refractivity contribution < 1.29 is 14.3 Å². The summed E-state index contributed by atoms with van der Waals surface area (Å²) in [6.45, 7) is 7.68. The number of alkyl carbamates (subject to hydrolysis) is 1. The Bertz CT molecular complexity index is 539. The van der Waals surface area contributed by atoms with E-state index in [1.54, 1.807) is 32.9 Å². The second-order valence-corrected chi connectivity index (χ2v) is 6.45. The molecule has 5 nitrogen and oxygen atoms in total. The molecular weight excluding hydrogens is 304 g/mol. The van der Waals surface area contributed by atoms with Gasteiger partial charge in [0.2, 0.25) is 5.91 Å². The summed E-state index contributed by atoms with van der Waals surface area (Å²) in [5.74, 6) is -0.120. The number of nitrogens with one attached hydrogen (secondary N) is 2. The molecule has 1 rings (SSSR count). The van der Waals surface area contributed by atoms with E-state index in [1.165, 1.54) is 0 Å². The third-order valence-electron chi connectivity index (χ3n) is 2.70. The molecule has 0 unspecified atom stereocenters. The van der Waals surface area contributed by atoms with E-state index in [9.17, 15) is 9.59 Å². The molecule has 2 N–H and O–H groups in total. The third-order valence-corrected chi connectivity index (χ3v) is 3.11. The van der Waals surface area contributed by atoms with Gasteiger partial charge in [-0.05, 0) is 51.8 Å². The summed E-state index contributed by atoms with van der Waals surface area (Å²) in [4.78, 5) is 23.2. The van der Waals surface area contributed by atoms with Crippen LogP contribution in [0.2, 0.25) is 5.02 Å². The molecule has 1 aromatic carbocycles. The third kappa shape index (κ3) is 7.31. The van der Waals surface area contributed by atoms with E-state index in [0.717, 1.165) is 5.56 Å². The van der Waals surface area contributed by atoms with Crippen molar-refractivity contribution >= 4 is 29.3 Å². The zero-order valence-corrected chi connectivity index (χ0v) is 14.2. The lowest BCUT2D eigenvalue weighted by molar-refractivity contribution is -0.116. The van der Waals surface area contributed by atoms with Crippen LogP contribution in [0.25, 0.3) is 0 Å². The lowest BCUT2D eigenvalue weighted by Crippen LogP contribution is -2.33. The van der Waals surface area contributed by atoms with Crippen molar-refractivity contribution in [3.63, 3.8) is 0 Å². The topological polar surface area (TPSA) is 67.4 Å². The number of halogens is 1. The van der Waals surface area contributed by atoms with Crippen LogP contribution in [0.5, 0.6) is 0 Å². The fourth-order valence-corrected chi connectivity index (χ4v) is 1.83. The van der Waals surface area contributed by atoms with E-state index < -0.39 is 11.7 Å². The molecule has 6 heteroatoms. The van der Waals surface area contributed by atoms with Crippen LogP contribution in [0, 0.1) is 6.92 Å². The Morgan fingerprint density at radius 1 is 1.27 bits per heavy atom. The summed E-state index contributed by atoms with van der Waals surface area (Å²) in [5, 5.41) is 6.00. The number of carbonyl (C=O) groups excluding carboxylic acids is 2. The monoisotopic (exact) mass is 326 g/mol. The van der Waals surface area contributed by atoms with E-state index in [0.29, 0.717) is 30.1 Å². The summed E-state index contributed by atoms with van der Waals surface area (Å²) < 4.78 is 5.10. The number of anilines is 1. The minimum absolute atomic E-state index is 0.120. The molecule has 2 amide bonds. The zero-order valence-electron chi connectivity index (χ0n) is 13.5. The molecule has 0 aliphatic rings. The lowest BCUT2D eigenvalue weighted by atomic mass is 10.2. The Hall–Kier alpha value is -1.75. The highest BCUT2D eigenvalue weighted by Crippen LogP contribution is 2.20. The number of aryl methyl sites for hydroxylation is 1. The second-order valence-electron chi connectivity index (χ2n) is 6.04. The highest BCUT2D eigenvalue weighted by Gasteiger charge is 2.15. The lowest BCUT2D eigenvalue weighted by Gasteiger charge is -2.19. The average molecular weight is 327 g/mol. The quantitative estimate of drug-likeness (QED) is 0.806. The van der Waals surface area contributed by atoms with E-state index >= 15 is 0 Å². The van der Waals surface area contributed by atoms with Gasteiger partial charge in [0.25, 0.3) is 0 Å². The number of amides is 2. The molecule has 0 aliphatic carbocycles. The number of rotatable bonds is 5. The molecule has 22 heavy (non-hydrogen) atoms. The summed E-state index contributed by atoms with van der Waals surface area (Å²) in [7, 11) is 0. The standard InChI is InChI=1S/C16H23ClN2O3/c1-11-7-8-12(10-13(11)17)19-14(20)6-5-9-18-15(21)22-16(2,3)4/h7-8,10H,5-6,9H2,1-4H3,(H,18,21)(H,19,20). The van der Waals surface area contributed by atoms with E-state index in [4.69, 9.17) is 16.3 Å². The number of carbonyl (C=O) groups is 2. The van der Waals surface area contributed by atoms with Crippen LogP contribution in [0.4, 0.5) is 10.5 Å². The SMILES string of the molecule is Cc1ccc(NC(=O)CCCNC(=O)OC(C)(C)C)cc1Cl. The molecular formula is C16H23ClN2O3. The maximum atomic E-state index is 11.8. The first kappa shape index (κ1) is 18.3. The number of hydrogen-bond acceptors (Lipinski definition) is 3. The van der Waals surface area contributed by atoms with Gasteiger partial charge in [0.05, 0.1) is 0 Å². The van der Waals surface area contributed by atoms with Gasteiger partial charge in [-0.1, -0.05) is 17.7 Å². The largest absolute Gasteiger partial charge is 0.444 e. The van der Waals surface area contributed by atoms with Crippen molar-refractivity contribution in [2.45, 2.75) is 46.1 Å². The average Bonchev–Trinajstić information content (AvgIpc) is 2.37. The van der Waals surface area contributed by atoms with Gasteiger partial charge in [-0.25, -0.2) is 4.79 Å². The van der Waals surface area contributed by atoms with Gasteiger partial charge in [-0.2, -0.15) is 0 Å². The van der Waals surface area contributed by atoms with Gasteiger partial charge in [-0.3, -0.25) is 4.79 Å². The molecule has 0 aliphatic heterocycles. The molecule has 0 saturated carbocycles. The van der Waals surface area contributed by atoms with E-state index in [1.807, 2.05) is 13.0 Å². The molecule has 0 atom stereocenters. The second kappa shape index (κ2) is 8.03. The van der Waals surface area contributed by atoms with Crippen LogP contribution < -0.4 is 10.6 Å². The maximum absolute atomic E-state index is 11.8. The van der Waals surface area contributed by atoms with E-state index in [2.05, 4.69) is 10.6 Å². The smallest absolute Gasteiger partial charge is 0.407 e. The van der Waals surface area contributed by atoms with Crippen molar-refractivity contribution in [2.24, 2.45) is 0 Å². The first-order valence-corrected chi connectivity index (χ1v) is 7.58. The number of benzene rings is 1. The molecule has 0 radical (unpaired) electrons. The zero-order chi connectivity index (χ0) is 16.8. The van der Waals surface area contributed by atoms with Crippen molar-refractivity contribution in [3.05, 3.63) is 28.8 Å². The Morgan fingerprint density at radius 3 is 2.55 bits per heavy atom. The molecule has 0 heterocycles. The van der Waals surface area contributed by atoms with Gasteiger partial charge < -0.3 is 15.4 Å². The Morgan fingerprint density at radius 2 is 1.95 bits per heavy atom. The van der Waals surface area contributed by atoms with Gasteiger partial charge in [-0.15, -0.1) is 0 Å². The summed E-state index contributed by atoms with van der Waals surface area (Å²) in [6.07, 6.45) is 0.365. The van der Waals surface area contributed by atoms with Crippen LogP contribution in [-0.4, -0.2) is 24.1 Å². The normalized spacial score (nSPS) is 11.0. The first-order valence-electron chi connectivity index (χ1n) is 7.20. The van der Waals surface area contributed by atoms with Crippen molar-refractivity contribution in [1.82, 2.24) is 5.32 Å². The predicted octanol–water partition coefficient (Wildman–Crippen LogP) is 3.89. The van der Waals surface area contributed by atoms with Crippen molar-refractivity contribution in [3.8, 4) is 0 Å². The summed E-state index contributed by atoms with van der Waals surface area (Å²) >= 11 is 6.00. The Labute approximate surface area is 136 Å². The van der Waals surface area contributed by atoms with Crippen LogP contribution in [-0.2, 0) is 9.53 Å². The van der Waals surface area contributed by atoms with Crippen LogP contribution in [0.15, 0.2) is 18.2 Å². The molecule has 0 fully saturated rings. The number of ether oxygens (including phenoxy) is 1. The summed E-state index contributed by atoms with van der Waals surface area (Å²) in [5.41, 5.74) is 1.11. The van der Waals surface area contributed by atoms with Gasteiger partial charge >= 0.3 is 6.09 Å². The van der Waals surface area contributed by atoms with Crippen LogP contribution >= 0.6 is 11.6 Å². The maximum Gasteiger partial charge on any atom is 0.407 e. The predicted molar refractivity (Wildman–Crippen MR) is 88.3 cm³/mol. The highest BCUT2D eigenvalue weighted by molar-refractivity contribution is 6.31. The van der Waals surface area contributed by atoms with Crippen LogP contribution in [0.1, 0.15) is 39.2 Å².